The first-order valence-corrected chi connectivity index (χ1v) is 8.16. The number of pyridine rings is 1. The van der Waals surface area contributed by atoms with E-state index in [1.54, 1.807) is 12.1 Å². The molecule has 2 nitrogen and oxygen atoms in total. The van der Waals surface area contributed by atoms with E-state index in [0.717, 1.165) is 27.4 Å². The van der Waals surface area contributed by atoms with Gasteiger partial charge in [0, 0.05) is 16.3 Å². The Morgan fingerprint density at radius 3 is 2.21 bits per heavy atom. The summed E-state index contributed by atoms with van der Waals surface area (Å²) in [6.45, 7) is 0. The molecule has 0 saturated carbocycles. The fourth-order valence-corrected chi connectivity index (χ4v) is 3.28. The molecule has 24 heavy (non-hydrogen) atoms. The third kappa shape index (κ3) is 2.55. The van der Waals surface area contributed by atoms with Crippen molar-refractivity contribution >= 4 is 39.1 Å². The molecule has 0 aliphatic heterocycles. The third-order valence-corrected chi connectivity index (χ3v) is 4.52. The van der Waals surface area contributed by atoms with E-state index < -0.39 is 0 Å². The molecule has 4 aromatic rings. The maximum absolute atomic E-state index is 12.7. The lowest BCUT2D eigenvalue weighted by Crippen LogP contribution is -2.06. The summed E-state index contributed by atoms with van der Waals surface area (Å²) in [7, 11) is 0. The van der Waals surface area contributed by atoms with Crippen LogP contribution in [0.2, 0.25) is 5.02 Å². The standard InChI is InChI=1S/C21H14ClNO/c22-18-11-5-3-10-17(18)21(24)13-20-16-9-2-1-7-14(16)15-8-4-6-12-19(15)23-20/h1-12H,13H2. The smallest absolute Gasteiger partial charge is 0.170 e. The van der Waals surface area contributed by atoms with Crippen molar-refractivity contribution in [2.24, 2.45) is 0 Å². The van der Waals surface area contributed by atoms with Crippen LogP contribution in [0.3, 0.4) is 0 Å². The van der Waals surface area contributed by atoms with Gasteiger partial charge in [-0.15, -0.1) is 0 Å². The summed E-state index contributed by atoms with van der Waals surface area (Å²) in [6, 6.07) is 23.2. The molecule has 0 atom stereocenters. The molecule has 0 aliphatic carbocycles. The summed E-state index contributed by atoms with van der Waals surface area (Å²) in [5.74, 6) is -0.0199. The number of Topliss-reactive ketones (excluding diaryl/α,β-unsaturated/α-hetero) is 1. The molecule has 0 bridgehead atoms. The molecule has 0 spiro atoms. The highest BCUT2D eigenvalue weighted by atomic mass is 35.5. The molecule has 4 rings (SSSR count). The highest BCUT2D eigenvalue weighted by Crippen LogP contribution is 2.27. The number of benzene rings is 3. The normalized spacial score (nSPS) is 11.0. The fraction of sp³-hybridized carbons (Fsp3) is 0.0476. The zero-order chi connectivity index (χ0) is 16.5. The molecule has 3 heteroatoms. The number of hydrogen-bond acceptors (Lipinski definition) is 2. The highest BCUT2D eigenvalue weighted by molar-refractivity contribution is 6.34. The predicted octanol–water partition coefficient (Wildman–Crippen LogP) is 5.47. The van der Waals surface area contributed by atoms with Gasteiger partial charge in [0.15, 0.2) is 5.78 Å². The molecule has 116 valence electrons. The van der Waals surface area contributed by atoms with Gasteiger partial charge < -0.3 is 0 Å². The van der Waals surface area contributed by atoms with Crippen LogP contribution in [0.4, 0.5) is 0 Å². The lowest BCUT2D eigenvalue weighted by Gasteiger charge is -2.10. The number of para-hydroxylation sites is 1. The second-order valence-corrected chi connectivity index (χ2v) is 6.11. The molecule has 0 unspecified atom stereocenters. The lowest BCUT2D eigenvalue weighted by atomic mass is 9.99. The van der Waals surface area contributed by atoms with Crippen molar-refractivity contribution in [1.29, 1.82) is 0 Å². The Hall–Kier alpha value is -2.71. The van der Waals surface area contributed by atoms with Crippen molar-refractivity contribution in [1.82, 2.24) is 4.98 Å². The molecule has 0 amide bonds. The Morgan fingerprint density at radius 2 is 1.42 bits per heavy atom. The predicted molar refractivity (Wildman–Crippen MR) is 98.7 cm³/mol. The fourth-order valence-electron chi connectivity index (χ4n) is 3.04. The van der Waals surface area contributed by atoms with Crippen molar-refractivity contribution in [2.75, 3.05) is 0 Å². The van der Waals surface area contributed by atoms with Crippen LogP contribution in [-0.4, -0.2) is 10.8 Å². The maximum Gasteiger partial charge on any atom is 0.170 e. The van der Waals surface area contributed by atoms with Gasteiger partial charge in [-0.3, -0.25) is 9.78 Å². The lowest BCUT2D eigenvalue weighted by molar-refractivity contribution is 0.0992. The molecular weight excluding hydrogens is 318 g/mol. The van der Waals surface area contributed by atoms with E-state index in [4.69, 9.17) is 16.6 Å². The van der Waals surface area contributed by atoms with Crippen molar-refractivity contribution in [3.05, 3.63) is 89.1 Å². The van der Waals surface area contributed by atoms with Crippen molar-refractivity contribution in [3.63, 3.8) is 0 Å². The van der Waals surface area contributed by atoms with Gasteiger partial charge in [0.05, 0.1) is 22.7 Å². The monoisotopic (exact) mass is 331 g/mol. The van der Waals surface area contributed by atoms with Gasteiger partial charge in [-0.05, 0) is 23.6 Å². The summed E-state index contributed by atoms with van der Waals surface area (Å²) in [6.07, 6.45) is 0.231. The molecule has 0 fully saturated rings. The van der Waals surface area contributed by atoms with Gasteiger partial charge in [0.2, 0.25) is 0 Å². The van der Waals surface area contributed by atoms with Crippen molar-refractivity contribution in [2.45, 2.75) is 6.42 Å². The number of ketones is 1. The molecule has 1 aromatic heterocycles. The van der Waals surface area contributed by atoms with E-state index in [1.165, 1.54) is 0 Å². The van der Waals surface area contributed by atoms with Crippen molar-refractivity contribution in [3.8, 4) is 0 Å². The van der Waals surface area contributed by atoms with E-state index >= 15 is 0 Å². The summed E-state index contributed by atoms with van der Waals surface area (Å²) in [4.78, 5) is 17.4. The zero-order valence-electron chi connectivity index (χ0n) is 12.9. The topological polar surface area (TPSA) is 30.0 Å². The zero-order valence-corrected chi connectivity index (χ0v) is 13.6. The summed E-state index contributed by atoms with van der Waals surface area (Å²) >= 11 is 6.16. The minimum atomic E-state index is -0.0199. The molecule has 0 radical (unpaired) electrons. The first-order chi connectivity index (χ1) is 11.7. The minimum absolute atomic E-state index is 0.0199. The number of halogens is 1. The molecule has 0 saturated heterocycles. The second kappa shape index (κ2) is 6.06. The maximum atomic E-state index is 12.7. The highest BCUT2D eigenvalue weighted by Gasteiger charge is 2.15. The van der Waals surface area contributed by atoms with Crippen LogP contribution in [-0.2, 0) is 6.42 Å². The molecule has 0 N–H and O–H groups in total. The van der Waals surface area contributed by atoms with Crippen LogP contribution in [0.25, 0.3) is 21.7 Å². The summed E-state index contributed by atoms with van der Waals surface area (Å²) in [5.41, 5.74) is 2.23. The van der Waals surface area contributed by atoms with Crippen LogP contribution in [0, 0.1) is 0 Å². The largest absolute Gasteiger partial charge is 0.294 e. The number of carbonyl (C=O) groups excluding carboxylic acids is 1. The van der Waals surface area contributed by atoms with Gasteiger partial charge in [-0.25, -0.2) is 0 Å². The second-order valence-electron chi connectivity index (χ2n) is 5.70. The summed E-state index contributed by atoms with van der Waals surface area (Å²) in [5, 5.41) is 3.70. The first-order valence-electron chi connectivity index (χ1n) is 7.78. The Morgan fingerprint density at radius 1 is 0.792 bits per heavy atom. The average molecular weight is 332 g/mol. The van der Waals surface area contributed by atoms with E-state index in [0.29, 0.717) is 10.6 Å². The number of aromatic nitrogens is 1. The molecular formula is C21H14ClNO. The average Bonchev–Trinajstić information content (AvgIpc) is 2.62. The van der Waals surface area contributed by atoms with E-state index in [-0.39, 0.29) is 12.2 Å². The van der Waals surface area contributed by atoms with Gasteiger partial charge in [-0.1, -0.05) is 66.2 Å². The van der Waals surface area contributed by atoms with Gasteiger partial charge in [0.25, 0.3) is 0 Å². The quantitative estimate of drug-likeness (QED) is 0.368. The van der Waals surface area contributed by atoms with E-state index in [2.05, 4.69) is 12.1 Å². The molecule has 3 aromatic carbocycles. The molecule has 1 heterocycles. The van der Waals surface area contributed by atoms with Crippen LogP contribution in [0.15, 0.2) is 72.8 Å². The van der Waals surface area contributed by atoms with Gasteiger partial charge in [-0.2, -0.15) is 0 Å². The summed E-state index contributed by atoms with van der Waals surface area (Å²) < 4.78 is 0. The number of hydrogen-bond donors (Lipinski definition) is 0. The SMILES string of the molecule is O=C(Cc1nc2ccccc2c2ccccc12)c1ccccc1Cl. The Bertz CT molecular complexity index is 1070. The van der Waals surface area contributed by atoms with Crippen molar-refractivity contribution < 1.29 is 4.79 Å². The Balaban J connectivity index is 1.87. The minimum Gasteiger partial charge on any atom is -0.294 e. The number of rotatable bonds is 3. The van der Waals surface area contributed by atoms with E-state index in [1.807, 2.05) is 48.5 Å². The Labute approximate surface area is 144 Å². The number of carbonyl (C=O) groups is 1. The Kier molecular flexibility index (Phi) is 3.75. The van der Waals surface area contributed by atoms with Crippen LogP contribution in [0.5, 0.6) is 0 Å². The van der Waals surface area contributed by atoms with Crippen LogP contribution >= 0.6 is 11.6 Å². The van der Waals surface area contributed by atoms with Crippen LogP contribution in [0.1, 0.15) is 16.1 Å². The number of nitrogens with zero attached hydrogens (tertiary/aromatic N) is 1. The molecule has 0 aliphatic rings. The number of fused-ring (bicyclic) bond motifs is 3. The first kappa shape index (κ1) is 14.9. The van der Waals surface area contributed by atoms with Gasteiger partial charge >= 0.3 is 0 Å². The third-order valence-electron chi connectivity index (χ3n) is 4.19. The van der Waals surface area contributed by atoms with Gasteiger partial charge in [0.1, 0.15) is 0 Å². The van der Waals surface area contributed by atoms with E-state index in [9.17, 15) is 4.79 Å². The van der Waals surface area contributed by atoms with Crippen LogP contribution < -0.4 is 0 Å².